The van der Waals surface area contributed by atoms with Gasteiger partial charge in [0.1, 0.15) is 5.75 Å². The van der Waals surface area contributed by atoms with Crippen LogP contribution in [0.2, 0.25) is 0 Å². The summed E-state index contributed by atoms with van der Waals surface area (Å²) in [5, 5.41) is 6.45. The first-order chi connectivity index (χ1) is 9.88. The fourth-order valence-corrected chi connectivity index (χ4v) is 2.24. The van der Waals surface area contributed by atoms with E-state index in [1.165, 1.54) is 0 Å². The van der Waals surface area contributed by atoms with Crippen molar-refractivity contribution in [1.29, 1.82) is 0 Å². The van der Waals surface area contributed by atoms with Crippen LogP contribution in [0.1, 0.15) is 11.4 Å². The standard InChI is InChI=1S/C12H13F3N4OS/c1-8-3-2-4-9(7-8)20-5-6-21-11-18-17-10(19(11)16)12(13,14)15/h2-4,7H,5-6,16H2,1H3. The topological polar surface area (TPSA) is 66.0 Å². The highest BCUT2D eigenvalue weighted by Crippen LogP contribution is 2.28. The predicted molar refractivity (Wildman–Crippen MR) is 72.6 cm³/mol. The van der Waals surface area contributed by atoms with Crippen molar-refractivity contribution < 1.29 is 17.9 Å². The normalized spacial score (nSPS) is 11.6. The number of alkyl halides is 3. The van der Waals surface area contributed by atoms with Crippen LogP contribution in [0.4, 0.5) is 13.2 Å². The first-order valence-electron chi connectivity index (χ1n) is 5.98. The molecule has 0 atom stereocenters. The van der Waals surface area contributed by atoms with Gasteiger partial charge in [0.15, 0.2) is 0 Å². The Morgan fingerprint density at radius 3 is 2.71 bits per heavy atom. The van der Waals surface area contributed by atoms with Gasteiger partial charge in [0.05, 0.1) is 6.61 Å². The van der Waals surface area contributed by atoms with Gasteiger partial charge in [-0.15, -0.1) is 10.2 Å². The zero-order chi connectivity index (χ0) is 15.5. The molecular formula is C12H13F3N4OS. The van der Waals surface area contributed by atoms with Crippen LogP contribution in [0.15, 0.2) is 29.4 Å². The van der Waals surface area contributed by atoms with Crippen LogP contribution in [-0.2, 0) is 6.18 Å². The van der Waals surface area contributed by atoms with Gasteiger partial charge in [0.2, 0.25) is 5.16 Å². The fraction of sp³-hybridized carbons (Fsp3) is 0.333. The quantitative estimate of drug-likeness (QED) is 0.521. The molecule has 0 radical (unpaired) electrons. The third kappa shape index (κ3) is 4.03. The molecule has 0 aliphatic heterocycles. The van der Waals surface area contributed by atoms with Gasteiger partial charge in [-0.25, -0.2) is 4.68 Å². The molecule has 2 aromatic rings. The molecule has 1 aromatic carbocycles. The van der Waals surface area contributed by atoms with Gasteiger partial charge < -0.3 is 10.6 Å². The van der Waals surface area contributed by atoms with Crippen LogP contribution < -0.4 is 10.6 Å². The van der Waals surface area contributed by atoms with E-state index >= 15 is 0 Å². The number of hydrogen-bond acceptors (Lipinski definition) is 5. The van der Waals surface area contributed by atoms with Gasteiger partial charge in [-0.1, -0.05) is 23.9 Å². The summed E-state index contributed by atoms with van der Waals surface area (Å²) in [6.07, 6.45) is -4.61. The number of benzene rings is 1. The Hall–Kier alpha value is -1.90. The molecule has 2 N–H and O–H groups in total. The lowest BCUT2D eigenvalue weighted by Gasteiger charge is -2.07. The molecule has 114 valence electrons. The monoisotopic (exact) mass is 318 g/mol. The van der Waals surface area contributed by atoms with Gasteiger partial charge in [-0.2, -0.15) is 13.2 Å². The third-order valence-corrected chi connectivity index (χ3v) is 3.40. The molecule has 0 saturated heterocycles. The molecule has 0 aliphatic carbocycles. The van der Waals surface area contributed by atoms with Crippen molar-refractivity contribution in [3.8, 4) is 5.75 Å². The summed E-state index contributed by atoms with van der Waals surface area (Å²) < 4.78 is 43.3. The zero-order valence-electron chi connectivity index (χ0n) is 11.1. The fourth-order valence-electron chi connectivity index (χ4n) is 1.57. The number of thioether (sulfide) groups is 1. The second-order valence-corrected chi connectivity index (χ2v) is 5.25. The molecule has 0 amide bonds. The average molecular weight is 318 g/mol. The minimum atomic E-state index is -4.61. The van der Waals surface area contributed by atoms with Crippen LogP contribution in [0.3, 0.4) is 0 Å². The minimum Gasteiger partial charge on any atom is -0.493 e. The second-order valence-electron chi connectivity index (χ2n) is 4.19. The molecular weight excluding hydrogens is 305 g/mol. The first-order valence-corrected chi connectivity index (χ1v) is 6.96. The maximum Gasteiger partial charge on any atom is 0.453 e. The number of ether oxygens (including phenoxy) is 1. The van der Waals surface area contributed by atoms with Gasteiger partial charge >= 0.3 is 6.18 Å². The van der Waals surface area contributed by atoms with Gasteiger partial charge in [-0.3, -0.25) is 0 Å². The molecule has 0 spiro atoms. The zero-order valence-corrected chi connectivity index (χ0v) is 11.9. The maximum absolute atomic E-state index is 12.5. The van der Waals surface area contributed by atoms with Crippen LogP contribution >= 0.6 is 11.8 Å². The molecule has 5 nitrogen and oxygen atoms in total. The third-order valence-electron chi connectivity index (χ3n) is 2.49. The molecule has 21 heavy (non-hydrogen) atoms. The van der Waals surface area contributed by atoms with E-state index in [1.54, 1.807) is 0 Å². The second kappa shape index (κ2) is 6.25. The highest BCUT2D eigenvalue weighted by Gasteiger charge is 2.38. The summed E-state index contributed by atoms with van der Waals surface area (Å²) in [6.45, 7) is 2.26. The summed E-state index contributed by atoms with van der Waals surface area (Å²) in [7, 11) is 0. The van der Waals surface area contributed by atoms with Crippen molar-refractivity contribution in [2.75, 3.05) is 18.2 Å². The molecule has 0 unspecified atom stereocenters. The van der Waals surface area contributed by atoms with E-state index in [0.29, 0.717) is 22.8 Å². The molecule has 9 heteroatoms. The Morgan fingerprint density at radius 1 is 1.33 bits per heavy atom. The number of nitrogens with two attached hydrogens (primary N) is 1. The Bertz CT molecular complexity index is 615. The van der Waals surface area contributed by atoms with Crippen molar-refractivity contribution in [2.24, 2.45) is 0 Å². The van der Waals surface area contributed by atoms with Crippen molar-refractivity contribution in [2.45, 2.75) is 18.3 Å². The number of aryl methyl sites for hydroxylation is 1. The Balaban J connectivity index is 1.86. The molecule has 1 aromatic heterocycles. The number of nitrogens with zero attached hydrogens (tertiary/aromatic N) is 3. The molecule has 0 bridgehead atoms. The van der Waals surface area contributed by atoms with E-state index < -0.39 is 12.0 Å². The number of halogens is 3. The van der Waals surface area contributed by atoms with E-state index in [9.17, 15) is 13.2 Å². The van der Waals surface area contributed by atoms with Crippen LogP contribution in [-0.4, -0.2) is 27.2 Å². The molecule has 1 heterocycles. The van der Waals surface area contributed by atoms with E-state index in [-0.39, 0.29) is 5.16 Å². The summed E-state index contributed by atoms with van der Waals surface area (Å²) >= 11 is 1.05. The van der Waals surface area contributed by atoms with Crippen molar-refractivity contribution in [3.63, 3.8) is 0 Å². The van der Waals surface area contributed by atoms with Crippen LogP contribution in [0.25, 0.3) is 0 Å². The largest absolute Gasteiger partial charge is 0.493 e. The van der Waals surface area contributed by atoms with E-state index in [4.69, 9.17) is 10.6 Å². The highest BCUT2D eigenvalue weighted by molar-refractivity contribution is 7.99. The summed E-state index contributed by atoms with van der Waals surface area (Å²) in [5.74, 6) is 5.21. The van der Waals surface area contributed by atoms with Crippen LogP contribution in [0.5, 0.6) is 5.75 Å². The first kappa shape index (κ1) is 15.5. The Labute approximate surface area is 123 Å². The van der Waals surface area contributed by atoms with E-state index in [0.717, 1.165) is 17.3 Å². The lowest BCUT2D eigenvalue weighted by molar-refractivity contribution is -0.146. The molecule has 0 saturated carbocycles. The summed E-state index contributed by atoms with van der Waals surface area (Å²) in [6, 6.07) is 7.49. The smallest absolute Gasteiger partial charge is 0.453 e. The highest BCUT2D eigenvalue weighted by atomic mass is 32.2. The van der Waals surface area contributed by atoms with Crippen LogP contribution in [0, 0.1) is 6.92 Å². The van der Waals surface area contributed by atoms with E-state index in [2.05, 4.69) is 10.2 Å². The summed E-state index contributed by atoms with van der Waals surface area (Å²) in [4.78, 5) is 0. The van der Waals surface area contributed by atoms with Crippen molar-refractivity contribution in [3.05, 3.63) is 35.7 Å². The molecule has 0 aliphatic rings. The number of rotatable bonds is 5. The lowest BCUT2D eigenvalue weighted by atomic mass is 10.2. The lowest BCUT2D eigenvalue weighted by Crippen LogP contribution is -2.21. The molecule has 0 fully saturated rings. The number of aromatic nitrogens is 3. The molecule has 2 rings (SSSR count). The van der Waals surface area contributed by atoms with Gasteiger partial charge in [0, 0.05) is 5.75 Å². The van der Waals surface area contributed by atoms with Gasteiger partial charge in [0.25, 0.3) is 5.82 Å². The Morgan fingerprint density at radius 2 is 2.10 bits per heavy atom. The minimum absolute atomic E-state index is 0.00447. The SMILES string of the molecule is Cc1cccc(OCCSc2nnc(C(F)(F)F)n2N)c1. The number of nitrogen functional groups attached to an aromatic ring is 1. The maximum atomic E-state index is 12.5. The Kier molecular flexibility index (Phi) is 4.61. The summed E-state index contributed by atoms with van der Waals surface area (Å²) in [5.41, 5.74) is 1.07. The van der Waals surface area contributed by atoms with E-state index in [1.807, 2.05) is 31.2 Å². The average Bonchev–Trinajstić information content (AvgIpc) is 2.76. The van der Waals surface area contributed by atoms with Crippen molar-refractivity contribution >= 4 is 11.8 Å². The van der Waals surface area contributed by atoms with Gasteiger partial charge in [-0.05, 0) is 24.6 Å². The van der Waals surface area contributed by atoms with Crippen molar-refractivity contribution in [1.82, 2.24) is 14.9 Å². The number of hydrogen-bond donors (Lipinski definition) is 1. The predicted octanol–water partition coefficient (Wildman–Crippen LogP) is 2.49.